The number of hydrogen-bond acceptors (Lipinski definition) is 1. The van der Waals surface area contributed by atoms with Crippen LogP contribution < -0.4 is 5.73 Å². The molecule has 1 heteroatoms. The Bertz CT molecular complexity index is 255. The average Bonchev–Trinajstić information content (AvgIpc) is 2.18. The van der Waals surface area contributed by atoms with E-state index in [-0.39, 0.29) is 0 Å². The predicted molar refractivity (Wildman–Crippen MR) is 57.9 cm³/mol. The Morgan fingerprint density at radius 1 is 1.31 bits per heavy atom. The van der Waals surface area contributed by atoms with E-state index in [0.717, 1.165) is 6.54 Å². The Morgan fingerprint density at radius 2 is 2.00 bits per heavy atom. The first-order valence-electron chi connectivity index (χ1n) is 5.07. The summed E-state index contributed by atoms with van der Waals surface area (Å²) in [5.41, 5.74) is 8.55. The highest BCUT2D eigenvalue weighted by Gasteiger charge is 2.06. The molecule has 0 saturated heterocycles. The Labute approximate surface area is 81.0 Å². The van der Waals surface area contributed by atoms with Gasteiger partial charge in [0.05, 0.1) is 0 Å². The van der Waals surface area contributed by atoms with Crippen LogP contribution in [0.15, 0.2) is 24.3 Å². The van der Waals surface area contributed by atoms with Crippen molar-refractivity contribution >= 4 is 0 Å². The Kier molecular flexibility index (Phi) is 3.97. The highest BCUT2D eigenvalue weighted by molar-refractivity contribution is 5.30. The van der Waals surface area contributed by atoms with Gasteiger partial charge in [0.2, 0.25) is 0 Å². The van der Waals surface area contributed by atoms with E-state index in [2.05, 4.69) is 38.1 Å². The molecule has 0 aromatic heterocycles. The number of aryl methyl sites for hydroxylation is 1. The van der Waals surface area contributed by atoms with E-state index in [1.165, 1.54) is 24.0 Å². The molecular formula is C12H19N. The van der Waals surface area contributed by atoms with E-state index in [4.69, 9.17) is 5.73 Å². The third kappa shape index (κ3) is 2.56. The molecule has 0 aliphatic heterocycles. The fourth-order valence-electron chi connectivity index (χ4n) is 1.64. The van der Waals surface area contributed by atoms with Gasteiger partial charge < -0.3 is 5.73 Å². The fraction of sp³-hybridized carbons (Fsp3) is 0.500. The van der Waals surface area contributed by atoms with Gasteiger partial charge in [-0.15, -0.1) is 0 Å². The molecule has 0 amide bonds. The third-order valence-corrected chi connectivity index (χ3v) is 2.46. The average molecular weight is 177 g/mol. The van der Waals surface area contributed by atoms with Crippen molar-refractivity contribution in [1.82, 2.24) is 0 Å². The summed E-state index contributed by atoms with van der Waals surface area (Å²) >= 11 is 0. The van der Waals surface area contributed by atoms with E-state index in [9.17, 15) is 0 Å². The van der Waals surface area contributed by atoms with Crippen LogP contribution in [0.2, 0.25) is 0 Å². The minimum Gasteiger partial charge on any atom is -0.330 e. The molecule has 0 heterocycles. The molecule has 1 aromatic rings. The molecule has 0 aliphatic carbocycles. The summed E-state index contributed by atoms with van der Waals surface area (Å²) in [5.74, 6) is 0.489. The molecule has 0 radical (unpaired) electrons. The SMILES string of the molecule is CCCc1ccccc1C(C)CN. The Balaban J connectivity index is 2.90. The van der Waals surface area contributed by atoms with Crippen LogP contribution in [0.5, 0.6) is 0 Å². The number of rotatable bonds is 4. The molecule has 0 aliphatic rings. The summed E-state index contributed by atoms with van der Waals surface area (Å²) < 4.78 is 0. The summed E-state index contributed by atoms with van der Waals surface area (Å²) in [6.07, 6.45) is 2.37. The van der Waals surface area contributed by atoms with Crippen molar-refractivity contribution in [3.63, 3.8) is 0 Å². The zero-order valence-electron chi connectivity index (χ0n) is 8.59. The van der Waals surface area contributed by atoms with Crippen molar-refractivity contribution in [3.8, 4) is 0 Å². The predicted octanol–water partition coefficient (Wildman–Crippen LogP) is 2.70. The first-order chi connectivity index (χ1) is 6.29. The van der Waals surface area contributed by atoms with Crippen molar-refractivity contribution in [2.45, 2.75) is 32.6 Å². The van der Waals surface area contributed by atoms with E-state index in [1.807, 2.05) is 0 Å². The van der Waals surface area contributed by atoms with Gasteiger partial charge in [0, 0.05) is 0 Å². The lowest BCUT2D eigenvalue weighted by Crippen LogP contribution is -2.10. The monoisotopic (exact) mass is 177 g/mol. The van der Waals surface area contributed by atoms with Gasteiger partial charge in [-0.25, -0.2) is 0 Å². The minimum absolute atomic E-state index is 0.489. The van der Waals surface area contributed by atoms with Crippen molar-refractivity contribution in [2.24, 2.45) is 5.73 Å². The molecule has 1 aromatic carbocycles. The first kappa shape index (κ1) is 10.3. The van der Waals surface area contributed by atoms with Crippen molar-refractivity contribution in [3.05, 3.63) is 35.4 Å². The first-order valence-corrected chi connectivity index (χ1v) is 5.07. The minimum atomic E-state index is 0.489. The normalized spacial score (nSPS) is 12.8. The number of hydrogen-bond donors (Lipinski definition) is 1. The molecule has 13 heavy (non-hydrogen) atoms. The van der Waals surface area contributed by atoms with E-state index >= 15 is 0 Å². The van der Waals surface area contributed by atoms with E-state index < -0.39 is 0 Å². The number of nitrogens with two attached hydrogens (primary N) is 1. The van der Waals surface area contributed by atoms with Gasteiger partial charge >= 0.3 is 0 Å². The maximum absolute atomic E-state index is 5.67. The van der Waals surface area contributed by atoms with Gasteiger partial charge in [-0.3, -0.25) is 0 Å². The smallest absolute Gasteiger partial charge is 0.00108 e. The Hall–Kier alpha value is -0.820. The molecule has 1 unspecified atom stereocenters. The van der Waals surface area contributed by atoms with Gasteiger partial charge in [0.1, 0.15) is 0 Å². The highest BCUT2D eigenvalue weighted by Crippen LogP contribution is 2.19. The summed E-state index contributed by atoms with van der Waals surface area (Å²) in [6, 6.07) is 8.62. The van der Waals surface area contributed by atoms with Crippen LogP contribution in [0.4, 0.5) is 0 Å². The zero-order valence-corrected chi connectivity index (χ0v) is 8.59. The quantitative estimate of drug-likeness (QED) is 0.752. The molecular weight excluding hydrogens is 158 g/mol. The second kappa shape index (κ2) is 5.03. The van der Waals surface area contributed by atoms with Crippen LogP contribution in [-0.2, 0) is 6.42 Å². The van der Waals surface area contributed by atoms with Crippen LogP contribution in [0, 0.1) is 0 Å². The molecule has 72 valence electrons. The van der Waals surface area contributed by atoms with Crippen LogP contribution >= 0.6 is 0 Å². The second-order valence-electron chi connectivity index (χ2n) is 3.59. The second-order valence-corrected chi connectivity index (χ2v) is 3.59. The van der Waals surface area contributed by atoms with Crippen LogP contribution in [0.1, 0.15) is 37.3 Å². The molecule has 2 N–H and O–H groups in total. The summed E-state index contributed by atoms with van der Waals surface area (Å²) in [7, 11) is 0. The zero-order chi connectivity index (χ0) is 9.68. The molecule has 0 spiro atoms. The summed E-state index contributed by atoms with van der Waals surface area (Å²) in [6.45, 7) is 5.14. The highest BCUT2D eigenvalue weighted by atomic mass is 14.5. The molecule has 1 rings (SSSR count). The fourth-order valence-corrected chi connectivity index (χ4v) is 1.64. The van der Waals surface area contributed by atoms with E-state index in [0.29, 0.717) is 5.92 Å². The maximum Gasteiger partial charge on any atom is -0.00108 e. The Morgan fingerprint density at radius 3 is 2.62 bits per heavy atom. The van der Waals surface area contributed by atoms with Gasteiger partial charge in [0.25, 0.3) is 0 Å². The van der Waals surface area contributed by atoms with Gasteiger partial charge in [-0.1, -0.05) is 44.5 Å². The van der Waals surface area contributed by atoms with Gasteiger partial charge in [0.15, 0.2) is 0 Å². The van der Waals surface area contributed by atoms with Crippen molar-refractivity contribution in [2.75, 3.05) is 6.54 Å². The van der Waals surface area contributed by atoms with Gasteiger partial charge in [-0.2, -0.15) is 0 Å². The lowest BCUT2D eigenvalue weighted by atomic mass is 9.93. The lowest BCUT2D eigenvalue weighted by molar-refractivity contribution is 0.753. The molecule has 1 nitrogen and oxygen atoms in total. The van der Waals surface area contributed by atoms with Crippen LogP contribution in [0.25, 0.3) is 0 Å². The molecule has 0 saturated carbocycles. The molecule has 1 atom stereocenters. The van der Waals surface area contributed by atoms with Crippen LogP contribution in [0.3, 0.4) is 0 Å². The summed E-state index contributed by atoms with van der Waals surface area (Å²) in [4.78, 5) is 0. The largest absolute Gasteiger partial charge is 0.330 e. The standard InChI is InChI=1S/C12H19N/c1-3-6-11-7-4-5-8-12(11)10(2)9-13/h4-5,7-8,10H,3,6,9,13H2,1-2H3. The maximum atomic E-state index is 5.67. The summed E-state index contributed by atoms with van der Waals surface area (Å²) in [5, 5.41) is 0. The molecule has 0 bridgehead atoms. The van der Waals surface area contributed by atoms with Gasteiger partial charge in [-0.05, 0) is 30.0 Å². The van der Waals surface area contributed by atoms with Crippen LogP contribution in [-0.4, -0.2) is 6.54 Å². The van der Waals surface area contributed by atoms with Crippen molar-refractivity contribution < 1.29 is 0 Å². The topological polar surface area (TPSA) is 26.0 Å². The van der Waals surface area contributed by atoms with Crippen molar-refractivity contribution in [1.29, 1.82) is 0 Å². The number of benzene rings is 1. The molecule has 0 fully saturated rings. The lowest BCUT2D eigenvalue weighted by Gasteiger charge is -2.13. The van der Waals surface area contributed by atoms with E-state index in [1.54, 1.807) is 0 Å². The third-order valence-electron chi connectivity index (χ3n) is 2.46.